The fraction of sp³-hybridized carbons (Fsp3) is 0.619. The van der Waals surface area contributed by atoms with Crippen molar-refractivity contribution in [2.75, 3.05) is 39.8 Å². The Kier molecular flexibility index (Phi) is 7.13. The molecule has 1 aromatic rings. The van der Waals surface area contributed by atoms with Crippen LogP contribution in [0.4, 0.5) is 0 Å². The lowest BCUT2D eigenvalue weighted by Gasteiger charge is -2.36. The summed E-state index contributed by atoms with van der Waals surface area (Å²) in [5.41, 5.74) is 1.13. The Bertz CT molecular complexity index is 651. The molecule has 0 bridgehead atoms. The molecule has 2 fully saturated rings. The van der Waals surface area contributed by atoms with Crippen molar-refractivity contribution in [1.29, 1.82) is 0 Å². The first-order valence-electron chi connectivity index (χ1n) is 10.0. The van der Waals surface area contributed by atoms with Gasteiger partial charge in [-0.3, -0.25) is 9.59 Å². The molecule has 2 amide bonds. The quantitative estimate of drug-likeness (QED) is 0.839. The Labute approximate surface area is 167 Å². The Hall–Kier alpha value is -1.59. The van der Waals surface area contributed by atoms with Gasteiger partial charge in [0.15, 0.2) is 0 Å². The van der Waals surface area contributed by atoms with Crippen LogP contribution in [0.1, 0.15) is 31.2 Å². The van der Waals surface area contributed by atoms with Gasteiger partial charge in [-0.1, -0.05) is 23.7 Å². The van der Waals surface area contributed by atoms with E-state index in [9.17, 15) is 9.59 Å². The van der Waals surface area contributed by atoms with Crippen LogP contribution in [-0.2, 0) is 16.0 Å². The van der Waals surface area contributed by atoms with E-state index in [0.717, 1.165) is 68.9 Å². The molecule has 3 rings (SSSR count). The molecule has 2 aliphatic rings. The Morgan fingerprint density at radius 3 is 2.41 bits per heavy atom. The highest BCUT2D eigenvalue weighted by molar-refractivity contribution is 6.30. The third-order valence-corrected chi connectivity index (χ3v) is 6.10. The number of amides is 2. The van der Waals surface area contributed by atoms with Crippen LogP contribution in [0.3, 0.4) is 0 Å². The highest BCUT2D eigenvalue weighted by atomic mass is 35.5. The van der Waals surface area contributed by atoms with Gasteiger partial charge in [0.05, 0.1) is 0 Å². The second kappa shape index (κ2) is 9.56. The number of carbonyl (C=O) groups excluding carboxylic acids is 2. The predicted octanol–water partition coefficient (Wildman–Crippen LogP) is 2.58. The Balaban J connectivity index is 1.38. The van der Waals surface area contributed by atoms with Crippen molar-refractivity contribution in [3.8, 4) is 0 Å². The number of halogens is 1. The minimum absolute atomic E-state index is 0.0425. The van der Waals surface area contributed by atoms with E-state index in [2.05, 4.69) is 17.3 Å². The van der Waals surface area contributed by atoms with E-state index < -0.39 is 0 Å². The number of nitrogens with zero attached hydrogens (tertiary/aromatic N) is 2. The Morgan fingerprint density at radius 1 is 1.07 bits per heavy atom. The van der Waals surface area contributed by atoms with Crippen LogP contribution in [-0.4, -0.2) is 61.4 Å². The van der Waals surface area contributed by atoms with Crippen LogP contribution in [0.15, 0.2) is 24.3 Å². The third kappa shape index (κ3) is 5.69. The minimum atomic E-state index is 0.0425. The molecule has 6 heteroatoms. The first-order valence-corrected chi connectivity index (χ1v) is 10.4. The zero-order valence-electron chi connectivity index (χ0n) is 16.1. The molecule has 5 nitrogen and oxygen atoms in total. The highest BCUT2D eigenvalue weighted by Crippen LogP contribution is 2.30. The molecule has 1 N–H and O–H groups in total. The van der Waals surface area contributed by atoms with E-state index in [-0.39, 0.29) is 17.7 Å². The lowest BCUT2D eigenvalue weighted by Crippen LogP contribution is -2.49. The van der Waals surface area contributed by atoms with Crippen LogP contribution in [0.5, 0.6) is 0 Å². The van der Waals surface area contributed by atoms with Crippen LogP contribution >= 0.6 is 11.6 Å². The summed E-state index contributed by atoms with van der Waals surface area (Å²) in [6.45, 7) is 4.20. The zero-order valence-corrected chi connectivity index (χ0v) is 16.9. The molecule has 0 radical (unpaired) electrons. The van der Waals surface area contributed by atoms with Crippen molar-refractivity contribution in [1.82, 2.24) is 15.1 Å². The molecule has 27 heavy (non-hydrogen) atoms. The molecule has 0 spiro atoms. The molecule has 1 aromatic carbocycles. The van der Waals surface area contributed by atoms with Gasteiger partial charge in [-0.05, 0) is 56.8 Å². The number of nitrogens with one attached hydrogen (secondary N) is 1. The van der Waals surface area contributed by atoms with Crippen molar-refractivity contribution in [3.05, 3.63) is 34.9 Å². The predicted molar refractivity (Wildman–Crippen MR) is 108 cm³/mol. The summed E-state index contributed by atoms with van der Waals surface area (Å²) >= 11 is 5.99. The average Bonchev–Trinajstić information content (AvgIpc) is 2.68. The molecule has 0 aromatic heterocycles. The van der Waals surface area contributed by atoms with Crippen LogP contribution in [0, 0.1) is 11.8 Å². The summed E-state index contributed by atoms with van der Waals surface area (Å²) in [4.78, 5) is 29.4. The fourth-order valence-electron chi connectivity index (χ4n) is 4.05. The van der Waals surface area contributed by atoms with Gasteiger partial charge in [0.2, 0.25) is 11.8 Å². The second-order valence-electron chi connectivity index (χ2n) is 7.85. The minimum Gasteiger partial charge on any atom is -0.356 e. The number of likely N-dealkylation sites (N-methyl/N-ethyl adjacent to an activating group) is 1. The van der Waals surface area contributed by atoms with Gasteiger partial charge < -0.3 is 15.1 Å². The SMILES string of the molecule is CN1CCN(C(=O)C2CCC(C(=O)NCCc3cccc(Cl)c3)CC2)CC1. The van der Waals surface area contributed by atoms with Crippen molar-refractivity contribution < 1.29 is 9.59 Å². The number of hydrogen-bond acceptors (Lipinski definition) is 3. The van der Waals surface area contributed by atoms with Crippen LogP contribution in [0.25, 0.3) is 0 Å². The largest absolute Gasteiger partial charge is 0.356 e. The van der Waals surface area contributed by atoms with E-state index >= 15 is 0 Å². The van der Waals surface area contributed by atoms with Crippen LogP contribution < -0.4 is 5.32 Å². The molecular formula is C21H30ClN3O2. The first-order chi connectivity index (χ1) is 13.0. The maximum absolute atomic E-state index is 12.7. The monoisotopic (exact) mass is 391 g/mol. The van der Waals surface area contributed by atoms with E-state index in [4.69, 9.17) is 11.6 Å². The number of carbonyl (C=O) groups is 2. The normalized spacial score (nSPS) is 23.9. The maximum Gasteiger partial charge on any atom is 0.225 e. The van der Waals surface area contributed by atoms with Crippen molar-refractivity contribution in [2.45, 2.75) is 32.1 Å². The molecule has 1 aliphatic carbocycles. The van der Waals surface area contributed by atoms with Gasteiger partial charge in [-0.25, -0.2) is 0 Å². The third-order valence-electron chi connectivity index (χ3n) is 5.86. The molecule has 1 aliphatic heterocycles. The van der Waals surface area contributed by atoms with Gasteiger partial charge in [-0.2, -0.15) is 0 Å². The average molecular weight is 392 g/mol. The first kappa shape index (κ1) is 20.2. The second-order valence-corrected chi connectivity index (χ2v) is 8.28. The molecule has 1 saturated heterocycles. The topological polar surface area (TPSA) is 52.7 Å². The standard InChI is InChI=1S/C21H30ClN3O2/c1-24-11-13-25(14-12-24)21(27)18-7-5-17(6-8-18)20(26)23-10-9-16-3-2-4-19(22)15-16/h2-4,15,17-18H,5-14H2,1H3,(H,23,26). The number of benzene rings is 1. The summed E-state index contributed by atoms with van der Waals surface area (Å²) in [7, 11) is 2.10. The summed E-state index contributed by atoms with van der Waals surface area (Å²) < 4.78 is 0. The molecule has 148 valence electrons. The maximum atomic E-state index is 12.7. The van der Waals surface area contributed by atoms with E-state index in [1.807, 2.05) is 29.2 Å². The highest BCUT2D eigenvalue weighted by Gasteiger charge is 2.32. The summed E-state index contributed by atoms with van der Waals surface area (Å²) in [5, 5.41) is 3.77. The molecule has 0 unspecified atom stereocenters. The molecular weight excluding hydrogens is 362 g/mol. The summed E-state index contributed by atoms with van der Waals surface area (Å²) in [5.74, 6) is 0.565. The number of hydrogen-bond donors (Lipinski definition) is 1. The Morgan fingerprint density at radius 2 is 1.74 bits per heavy atom. The van der Waals surface area contributed by atoms with Crippen molar-refractivity contribution in [3.63, 3.8) is 0 Å². The smallest absolute Gasteiger partial charge is 0.225 e. The molecule has 1 heterocycles. The van der Waals surface area contributed by atoms with E-state index in [1.165, 1.54) is 0 Å². The zero-order chi connectivity index (χ0) is 19.2. The van der Waals surface area contributed by atoms with Crippen molar-refractivity contribution in [2.24, 2.45) is 11.8 Å². The lowest BCUT2D eigenvalue weighted by atomic mass is 9.81. The van der Waals surface area contributed by atoms with E-state index in [0.29, 0.717) is 12.5 Å². The fourth-order valence-corrected chi connectivity index (χ4v) is 4.27. The van der Waals surface area contributed by atoms with Crippen molar-refractivity contribution >= 4 is 23.4 Å². The number of piperazine rings is 1. The van der Waals surface area contributed by atoms with Gasteiger partial charge in [0.1, 0.15) is 0 Å². The van der Waals surface area contributed by atoms with Gasteiger partial charge in [0.25, 0.3) is 0 Å². The van der Waals surface area contributed by atoms with Gasteiger partial charge in [-0.15, -0.1) is 0 Å². The summed E-state index contributed by atoms with van der Waals surface area (Å²) in [6, 6.07) is 7.74. The molecule has 0 atom stereocenters. The van der Waals surface area contributed by atoms with Gasteiger partial charge in [0, 0.05) is 49.6 Å². The lowest BCUT2D eigenvalue weighted by molar-refractivity contribution is -0.139. The van der Waals surface area contributed by atoms with Gasteiger partial charge >= 0.3 is 0 Å². The number of rotatable bonds is 5. The molecule has 1 saturated carbocycles. The van der Waals surface area contributed by atoms with E-state index in [1.54, 1.807) is 0 Å². The van der Waals surface area contributed by atoms with Crippen LogP contribution in [0.2, 0.25) is 5.02 Å². The summed E-state index contributed by atoms with van der Waals surface area (Å²) in [6.07, 6.45) is 4.07.